The van der Waals surface area contributed by atoms with Gasteiger partial charge in [0, 0.05) is 24.3 Å². The largest absolute Gasteiger partial charge is 0.358 e. The van der Waals surface area contributed by atoms with Crippen molar-refractivity contribution in [2.45, 2.75) is 19.3 Å². The van der Waals surface area contributed by atoms with E-state index in [1.54, 1.807) is 5.57 Å². The maximum atomic E-state index is 3.51. The van der Waals surface area contributed by atoms with Gasteiger partial charge in [-0.1, -0.05) is 29.8 Å². The highest BCUT2D eigenvalue weighted by Gasteiger charge is 2.09. The van der Waals surface area contributed by atoms with Gasteiger partial charge in [-0.2, -0.15) is 0 Å². The maximum absolute atomic E-state index is 3.51. The average molecular weight is 240 g/mol. The molecular formula is C16H20N2. The summed E-state index contributed by atoms with van der Waals surface area (Å²) in [5.74, 6) is 0. The molecule has 1 aliphatic rings. The second-order valence-corrected chi connectivity index (χ2v) is 5.27. The van der Waals surface area contributed by atoms with Crippen LogP contribution in [-0.4, -0.2) is 30.0 Å². The number of para-hydroxylation sites is 1. The lowest BCUT2D eigenvalue weighted by atomic mass is 10.0. The summed E-state index contributed by atoms with van der Waals surface area (Å²) in [7, 11) is 2.20. The number of H-pyrrole nitrogens is 1. The highest BCUT2D eigenvalue weighted by atomic mass is 15.1. The number of hydrogen-bond acceptors (Lipinski definition) is 1. The van der Waals surface area contributed by atoms with E-state index in [2.05, 4.69) is 53.3 Å². The van der Waals surface area contributed by atoms with Crippen LogP contribution in [-0.2, 0) is 6.42 Å². The summed E-state index contributed by atoms with van der Waals surface area (Å²) in [5, 5.41) is 1.32. The minimum atomic E-state index is 1.12. The van der Waals surface area contributed by atoms with Crippen molar-refractivity contribution in [1.29, 1.82) is 0 Å². The van der Waals surface area contributed by atoms with Crippen LogP contribution in [0.25, 0.3) is 10.9 Å². The molecule has 0 radical (unpaired) electrons. The normalized spacial score (nSPS) is 17.1. The van der Waals surface area contributed by atoms with Crippen LogP contribution in [0.1, 0.15) is 18.5 Å². The fourth-order valence-electron chi connectivity index (χ4n) is 2.72. The molecule has 0 aliphatic carbocycles. The minimum absolute atomic E-state index is 1.12. The first-order valence-electron chi connectivity index (χ1n) is 6.74. The van der Waals surface area contributed by atoms with Crippen LogP contribution in [0, 0.1) is 0 Å². The van der Waals surface area contributed by atoms with Crippen molar-refractivity contribution >= 4 is 10.9 Å². The standard InChI is InChI=1S/C16H20N2/c1-18-10-4-5-13(12-18)8-9-15-11-14-6-2-3-7-16(14)17-15/h2-3,5-7,11,17H,4,8-10,12H2,1H3. The molecular weight excluding hydrogens is 220 g/mol. The highest BCUT2D eigenvalue weighted by Crippen LogP contribution is 2.18. The second-order valence-electron chi connectivity index (χ2n) is 5.27. The molecule has 0 unspecified atom stereocenters. The number of aryl methyl sites for hydroxylation is 1. The number of benzene rings is 1. The van der Waals surface area contributed by atoms with Crippen LogP contribution in [0.4, 0.5) is 0 Å². The molecule has 2 aromatic rings. The molecule has 1 aliphatic heterocycles. The maximum Gasteiger partial charge on any atom is 0.0456 e. The van der Waals surface area contributed by atoms with E-state index in [0.717, 1.165) is 13.0 Å². The summed E-state index contributed by atoms with van der Waals surface area (Å²) >= 11 is 0. The Morgan fingerprint density at radius 2 is 2.11 bits per heavy atom. The molecule has 94 valence electrons. The Bertz CT molecular complexity index is 532. The third-order valence-corrected chi connectivity index (χ3v) is 3.72. The molecule has 2 heterocycles. The van der Waals surface area contributed by atoms with Crippen molar-refractivity contribution in [3.05, 3.63) is 47.7 Å². The third kappa shape index (κ3) is 2.49. The molecule has 0 fully saturated rings. The fraction of sp³-hybridized carbons (Fsp3) is 0.375. The third-order valence-electron chi connectivity index (χ3n) is 3.72. The number of likely N-dealkylation sites (N-methyl/N-ethyl adjacent to an activating group) is 1. The molecule has 1 aromatic heterocycles. The number of aromatic amines is 1. The zero-order chi connectivity index (χ0) is 12.4. The van der Waals surface area contributed by atoms with Gasteiger partial charge in [0.1, 0.15) is 0 Å². The summed E-state index contributed by atoms with van der Waals surface area (Å²) in [4.78, 5) is 5.91. The van der Waals surface area contributed by atoms with Gasteiger partial charge in [-0.25, -0.2) is 0 Å². The Morgan fingerprint density at radius 1 is 1.22 bits per heavy atom. The van der Waals surface area contributed by atoms with E-state index in [0.29, 0.717) is 0 Å². The van der Waals surface area contributed by atoms with E-state index in [4.69, 9.17) is 0 Å². The number of nitrogens with zero attached hydrogens (tertiary/aromatic N) is 1. The summed E-state index contributed by atoms with van der Waals surface area (Å²) in [5.41, 5.74) is 4.19. The van der Waals surface area contributed by atoms with Crippen LogP contribution < -0.4 is 0 Å². The number of rotatable bonds is 3. The molecule has 0 amide bonds. The second kappa shape index (κ2) is 4.99. The monoisotopic (exact) mass is 240 g/mol. The number of aromatic nitrogens is 1. The average Bonchev–Trinajstić information content (AvgIpc) is 2.79. The molecule has 2 nitrogen and oxygen atoms in total. The lowest BCUT2D eigenvalue weighted by molar-refractivity contribution is 0.350. The lowest BCUT2D eigenvalue weighted by Crippen LogP contribution is -2.25. The summed E-state index contributed by atoms with van der Waals surface area (Å²) < 4.78 is 0. The zero-order valence-electron chi connectivity index (χ0n) is 10.9. The van der Waals surface area contributed by atoms with E-state index in [1.165, 1.54) is 36.0 Å². The fourth-order valence-corrected chi connectivity index (χ4v) is 2.72. The number of hydrogen-bond donors (Lipinski definition) is 1. The van der Waals surface area contributed by atoms with Gasteiger partial charge in [0.25, 0.3) is 0 Å². The van der Waals surface area contributed by atoms with Crippen molar-refractivity contribution in [3.8, 4) is 0 Å². The van der Waals surface area contributed by atoms with Crippen LogP contribution >= 0.6 is 0 Å². The van der Waals surface area contributed by atoms with Crippen LogP contribution in [0.3, 0.4) is 0 Å². The van der Waals surface area contributed by atoms with Gasteiger partial charge in [-0.15, -0.1) is 0 Å². The zero-order valence-corrected chi connectivity index (χ0v) is 10.9. The smallest absolute Gasteiger partial charge is 0.0456 e. The lowest BCUT2D eigenvalue weighted by Gasteiger charge is -2.22. The highest BCUT2D eigenvalue weighted by molar-refractivity contribution is 5.80. The Hall–Kier alpha value is -1.54. The molecule has 0 spiro atoms. The van der Waals surface area contributed by atoms with Crippen molar-refractivity contribution in [1.82, 2.24) is 9.88 Å². The van der Waals surface area contributed by atoms with E-state index in [9.17, 15) is 0 Å². The van der Waals surface area contributed by atoms with Gasteiger partial charge in [-0.05, 0) is 43.8 Å². The van der Waals surface area contributed by atoms with Crippen molar-refractivity contribution in [2.75, 3.05) is 20.1 Å². The quantitative estimate of drug-likeness (QED) is 0.815. The van der Waals surface area contributed by atoms with Crippen LogP contribution in [0.15, 0.2) is 42.0 Å². The van der Waals surface area contributed by atoms with Crippen LogP contribution in [0.2, 0.25) is 0 Å². The van der Waals surface area contributed by atoms with Crippen molar-refractivity contribution in [3.63, 3.8) is 0 Å². The van der Waals surface area contributed by atoms with E-state index < -0.39 is 0 Å². The Kier molecular flexibility index (Phi) is 3.20. The molecule has 2 heteroatoms. The molecule has 1 aromatic carbocycles. The van der Waals surface area contributed by atoms with Gasteiger partial charge >= 0.3 is 0 Å². The van der Waals surface area contributed by atoms with Crippen LogP contribution in [0.5, 0.6) is 0 Å². The predicted octanol–water partition coefficient (Wildman–Crippen LogP) is 3.36. The van der Waals surface area contributed by atoms with Gasteiger partial charge in [0.2, 0.25) is 0 Å². The molecule has 18 heavy (non-hydrogen) atoms. The molecule has 0 bridgehead atoms. The summed E-state index contributed by atoms with van der Waals surface area (Å²) in [6.45, 7) is 2.34. The van der Waals surface area contributed by atoms with Gasteiger partial charge in [-0.3, -0.25) is 0 Å². The molecule has 0 saturated carbocycles. The Morgan fingerprint density at radius 3 is 2.94 bits per heavy atom. The van der Waals surface area contributed by atoms with Gasteiger partial charge in [0.05, 0.1) is 0 Å². The first-order valence-corrected chi connectivity index (χ1v) is 6.74. The Labute approximate surface area is 108 Å². The topological polar surface area (TPSA) is 19.0 Å². The van der Waals surface area contributed by atoms with E-state index in [1.807, 2.05) is 0 Å². The first-order chi connectivity index (χ1) is 8.81. The predicted molar refractivity (Wildman–Crippen MR) is 76.8 cm³/mol. The van der Waals surface area contributed by atoms with E-state index in [-0.39, 0.29) is 0 Å². The van der Waals surface area contributed by atoms with Crippen molar-refractivity contribution in [2.24, 2.45) is 0 Å². The summed E-state index contributed by atoms with van der Waals surface area (Å²) in [6.07, 6.45) is 5.92. The minimum Gasteiger partial charge on any atom is -0.358 e. The first kappa shape index (κ1) is 11.5. The number of fused-ring (bicyclic) bond motifs is 1. The Balaban J connectivity index is 1.67. The molecule has 1 N–H and O–H groups in total. The van der Waals surface area contributed by atoms with Gasteiger partial charge in [0.15, 0.2) is 0 Å². The van der Waals surface area contributed by atoms with E-state index >= 15 is 0 Å². The molecule has 3 rings (SSSR count). The SMILES string of the molecule is CN1CCC=C(CCc2cc3ccccc3[nH]2)C1. The molecule has 0 saturated heterocycles. The number of nitrogens with one attached hydrogen (secondary N) is 1. The summed E-state index contributed by atoms with van der Waals surface area (Å²) in [6, 6.07) is 10.8. The van der Waals surface area contributed by atoms with Gasteiger partial charge < -0.3 is 9.88 Å². The molecule has 0 atom stereocenters. The van der Waals surface area contributed by atoms with Crippen molar-refractivity contribution < 1.29 is 0 Å².